The second-order valence-corrected chi connectivity index (χ2v) is 6.13. The number of cyclic esters (lactones) is 1. The van der Waals surface area contributed by atoms with Gasteiger partial charge in [0.1, 0.15) is 0 Å². The molecule has 0 fully saturated rings. The van der Waals surface area contributed by atoms with Gasteiger partial charge in [-0.05, 0) is 42.2 Å². The summed E-state index contributed by atoms with van der Waals surface area (Å²) < 4.78 is 10.1. The maximum atomic E-state index is 12.1. The molecule has 0 saturated heterocycles. The number of carbonyl (C=O) groups is 1. The predicted octanol–water partition coefficient (Wildman–Crippen LogP) is 3.67. The molecule has 2 aromatic rings. The fourth-order valence-corrected chi connectivity index (χ4v) is 2.76. The average Bonchev–Trinajstić information content (AvgIpc) is 3.02. The van der Waals surface area contributed by atoms with Gasteiger partial charge < -0.3 is 9.47 Å². The number of thioether (sulfide) groups is 1. The smallest absolute Gasteiger partial charge is 0.363 e. The zero-order chi connectivity index (χ0) is 18.7. The van der Waals surface area contributed by atoms with Crippen molar-refractivity contribution in [1.29, 1.82) is 0 Å². The number of nitrogens with zero attached hydrogens (tertiary/aromatic N) is 2. The van der Waals surface area contributed by atoms with Crippen molar-refractivity contribution in [3.05, 3.63) is 69.4 Å². The molecule has 1 aliphatic rings. The summed E-state index contributed by atoms with van der Waals surface area (Å²) in [6.45, 7) is 0. The lowest BCUT2D eigenvalue weighted by molar-refractivity contribution is -0.385. The Morgan fingerprint density at radius 1 is 1.23 bits per heavy atom. The molecule has 0 N–H and O–H groups in total. The molecule has 0 bridgehead atoms. The van der Waals surface area contributed by atoms with Crippen molar-refractivity contribution in [2.45, 2.75) is 4.90 Å². The maximum absolute atomic E-state index is 12.1. The lowest BCUT2D eigenvalue weighted by Crippen LogP contribution is -2.06. The van der Waals surface area contributed by atoms with Gasteiger partial charge in [0.05, 0.1) is 12.0 Å². The Balaban J connectivity index is 1.93. The summed E-state index contributed by atoms with van der Waals surface area (Å²) in [5.41, 5.74) is 1.04. The van der Waals surface area contributed by atoms with Gasteiger partial charge in [-0.15, -0.1) is 11.8 Å². The van der Waals surface area contributed by atoms with Crippen LogP contribution in [0.3, 0.4) is 0 Å². The van der Waals surface area contributed by atoms with Crippen LogP contribution < -0.4 is 4.74 Å². The van der Waals surface area contributed by atoms with Crippen LogP contribution in [0.25, 0.3) is 6.08 Å². The zero-order valence-corrected chi connectivity index (χ0v) is 14.8. The van der Waals surface area contributed by atoms with E-state index in [4.69, 9.17) is 9.47 Å². The fourth-order valence-electron chi connectivity index (χ4n) is 2.36. The van der Waals surface area contributed by atoms with Crippen molar-refractivity contribution >= 4 is 35.4 Å². The number of aliphatic imine (C=N–C) groups is 1. The van der Waals surface area contributed by atoms with Gasteiger partial charge in [0, 0.05) is 16.5 Å². The maximum Gasteiger partial charge on any atom is 0.363 e. The average molecular weight is 370 g/mol. The summed E-state index contributed by atoms with van der Waals surface area (Å²) in [6, 6.07) is 11.9. The van der Waals surface area contributed by atoms with Crippen LogP contribution in [0.1, 0.15) is 11.1 Å². The summed E-state index contributed by atoms with van der Waals surface area (Å²) in [4.78, 5) is 27.9. The van der Waals surface area contributed by atoms with Gasteiger partial charge in [-0.2, -0.15) is 0 Å². The Hall–Kier alpha value is -3.13. The number of methoxy groups -OCH3 is 1. The highest BCUT2D eigenvalue weighted by Gasteiger charge is 2.26. The summed E-state index contributed by atoms with van der Waals surface area (Å²) in [6.07, 6.45) is 3.59. The Morgan fingerprint density at radius 3 is 2.58 bits per heavy atom. The van der Waals surface area contributed by atoms with E-state index in [9.17, 15) is 14.9 Å². The summed E-state index contributed by atoms with van der Waals surface area (Å²) >= 11 is 1.62. The monoisotopic (exact) mass is 370 g/mol. The quantitative estimate of drug-likeness (QED) is 0.262. The van der Waals surface area contributed by atoms with Crippen LogP contribution in [-0.4, -0.2) is 30.2 Å². The van der Waals surface area contributed by atoms with Crippen LogP contribution in [0.15, 0.2) is 58.0 Å². The van der Waals surface area contributed by atoms with E-state index in [1.165, 1.54) is 19.2 Å². The van der Waals surface area contributed by atoms with Gasteiger partial charge in [0.2, 0.25) is 5.90 Å². The zero-order valence-electron chi connectivity index (χ0n) is 14.0. The molecule has 0 aliphatic carbocycles. The second kappa shape index (κ2) is 7.40. The van der Waals surface area contributed by atoms with Gasteiger partial charge in [0.25, 0.3) is 0 Å². The van der Waals surface area contributed by atoms with Crippen molar-refractivity contribution in [2.24, 2.45) is 4.99 Å². The highest BCUT2D eigenvalue weighted by Crippen LogP contribution is 2.29. The van der Waals surface area contributed by atoms with E-state index in [0.29, 0.717) is 5.56 Å². The van der Waals surface area contributed by atoms with E-state index >= 15 is 0 Å². The van der Waals surface area contributed by atoms with Crippen LogP contribution >= 0.6 is 11.8 Å². The number of hydrogen-bond donors (Lipinski definition) is 0. The third kappa shape index (κ3) is 3.60. The number of nitro groups is 1. The minimum absolute atomic E-state index is 0.0211. The molecule has 0 saturated carbocycles. The van der Waals surface area contributed by atoms with E-state index in [2.05, 4.69) is 4.99 Å². The highest BCUT2D eigenvalue weighted by atomic mass is 32.2. The first-order valence-electron chi connectivity index (χ1n) is 7.51. The molecular formula is C18H14N2O5S. The molecule has 0 unspecified atom stereocenters. The van der Waals surface area contributed by atoms with E-state index in [-0.39, 0.29) is 23.0 Å². The van der Waals surface area contributed by atoms with Gasteiger partial charge in [-0.3, -0.25) is 10.1 Å². The predicted molar refractivity (Wildman–Crippen MR) is 98.5 cm³/mol. The molecule has 0 atom stereocenters. The van der Waals surface area contributed by atoms with Crippen molar-refractivity contribution < 1.29 is 19.2 Å². The Morgan fingerprint density at radius 2 is 1.96 bits per heavy atom. The highest BCUT2D eigenvalue weighted by molar-refractivity contribution is 7.98. The first-order chi connectivity index (χ1) is 12.5. The summed E-state index contributed by atoms with van der Waals surface area (Å²) in [5, 5.41) is 11.1. The Bertz CT molecular complexity index is 935. The molecule has 0 radical (unpaired) electrons. The third-order valence-electron chi connectivity index (χ3n) is 3.66. The molecule has 0 spiro atoms. The van der Waals surface area contributed by atoms with E-state index < -0.39 is 10.9 Å². The van der Waals surface area contributed by atoms with Crippen LogP contribution in [-0.2, 0) is 9.53 Å². The first-order valence-corrected chi connectivity index (χ1v) is 8.73. The van der Waals surface area contributed by atoms with Gasteiger partial charge in [-0.1, -0.05) is 12.1 Å². The molecule has 132 valence electrons. The van der Waals surface area contributed by atoms with E-state index in [1.807, 2.05) is 30.5 Å². The van der Waals surface area contributed by atoms with Crippen LogP contribution in [0.2, 0.25) is 0 Å². The number of nitro benzene ring substituents is 1. The minimum atomic E-state index is -0.604. The van der Waals surface area contributed by atoms with Gasteiger partial charge >= 0.3 is 11.7 Å². The third-order valence-corrected chi connectivity index (χ3v) is 4.41. The lowest BCUT2D eigenvalue weighted by atomic mass is 10.2. The van der Waals surface area contributed by atoms with E-state index in [0.717, 1.165) is 10.5 Å². The molecule has 2 aromatic carbocycles. The topological polar surface area (TPSA) is 91.0 Å². The van der Waals surface area contributed by atoms with Crippen LogP contribution in [0.5, 0.6) is 5.75 Å². The number of rotatable bonds is 5. The van der Waals surface area contributed by atoms with Crippen LogP contribution in [0.4, 0.5) is 5.69 Å². The fraction of sp³-hybridized carbons (Fsp3) is 0.111. The number of hydrogen-bond acceptors (Lipinski definition) is 7. The molecule has 26 heavy (non-hydrogen) atoms. The SMILES string of the molecule is COc1ccc(C2=N/C(=C\c3ccc(SC)cc3)C(=O)O2)cc1[N+](=O)[O-]. The largest absolute Gasteiger partial charge is 0.490 e. The molecule has 0 amide bonds. The number of ether oxygens (including phenoxy) is 2. The van der Waals surface area contributed by atoms with Crippen molar-refractivity contribution in [3.8, 4) is 5.75 Å². The summed E-state index contributed by atoms with van der Waals surface area (Å²) in [7, 11) is 1.35. The first kappa shape index (κ1) is 17.7. The van der Waals surface area contributed by atoms with Crippen molar-refractivity contribution in [1.82, 2.24) is 0 Å². The lowest BCUT2D eigenvalue weighted by Gasteiger charge is -2.03. The van der Waals surface area contributed by atoms with Crippen molar-refractivity contribution in [2.75, 3.05) is 13.4 Å². The Labute approximate surface area is 153 Å². The van der Waals surface area contributed by atoms with Crippen LogP contribution in [0, 0.1) is 10.1 Å². The molecule has 0 aromatic heterocycles. The summed E-state index contributed by atoms with van der Waals surface area (Å²) in [5.74, 6) is -0.464. The molecule has 1 heterocycles. The van der Waals surface area contributed by atoms with Gasteiger partial charge in [-0.25, -0.2) is 9.79 Å². The number of benzene rings is 2. The molecule has 1 aliphatic heterocycles. The molecule has 7 nitrogen and oxygen atoms in total. The number of esters is 1. The van der Waals surface area contributed by atoms with Gasteiger partial charge in [0.15, 0.2) is 11.4 Å². The van der Waals surface area contributed by atoms with E-state index in [1.54, 1.807) is 23.9 Å². The molecular weight excluding hydrogens is 356 g/mol. The normalized spacial score (nSPS) is 14.9. The second-order valence-electron chi connectivity index (χ2n) is 5.25. The minimum Gasteiger partial charge on any atom is -0.490 e. The Kier molecular flexibility index (Phi) is 5.04. The number of carbonyl (C=O) groups excluding carboxylic acids is 1. The standard InChI is InChI=1S/C18H14N2O5S/c1-24-16-8-5-12(10-15(16)20(22)23)17-19-14(18(21)25-17)9-11-3-6-13(26-2)7-4-11/h3-10H,1-2H3/b14-9-. The molecule has 3 rings (SSSR count). The molecule has 8 heteroatoms. The van der Waals surface area contributed by atoms with Crippen molar-refractivity contribution in [3.63, 3.8) is 0 Å².